The van der Waals surface area contributed by atoms with Crippen molar-refractivity contribution in [3.05, 3.63) is 23.3 Å². The fraction of sp³-hybridized carbons (Fsp3) is 0.417. The van der Waals surface area contributed by atoms with E-state index >= 15 is 0 Å². The minimum absolute atomic E-state index is 0.0427. The Bertz CT molecular complexity index is 388. The first-order valence-corrected chi connectivity index (χ1v) is 5.22. The molecule has 0 saturated carbocycles. The highest BCUT2D eigenvalue weighted by Crippen LogP contribution is 2.32. The molecule has 0 amide bonds. The van der Waals surface area contributed by atoms with Crippen LogP contribution in [0.4, 0.5) is 4.39 Å². The highest BCUT2D eigenvalue weighted by Gasteiger charge is 2.17. The van der Waals surface area contributed by atoms with Crippen molar-refractivity contribution in [3.63, 3.8) is 0 Å². The highest BCUT2D eigenvalue weighted by atomic mass is 19.1. The van der Waals surface area contributed by atoms with Crippen LogP contribution in [0.2, 0.25) is 0 Å². The van der Waals surface area contributed by atoms with Gasteiger partial charge in [0.25, 0.3) is 0 Å². The summed E-state index contributed by atoms with van der Waals surface area (Å²) < 4.78 is 17.9. The van der Waals surface area contributed by atoms with Crippen molar-refractivity contribution < 1.29 is 19.0 Å². The van der Waals surface area contributed by atoms with Gasteiger partial charge in [-0.05, 0) is 19.1 Å². The Labute approximate surface area is 93.9 Å². The molecule has 0 spiro atoms. The van der Waals surface area contributed by atoms with Crippen LogP contribution in [-0.4, -0.2) is 17.5 Å². The van der Waals surface area contributed by atoms with E-state index in [0.29, 0.717) is 6.61 Å². The van der Waals surface area contributed by atoms with E-state index in [4.69, 9.17) is 4.74 Å². The van der Waals surface area contributed by atoms with Gasteiger partial charge in [-0.1, -0.05) is 6.92 Å². The monoisotopic (exact) mass is 226 g/mol. The van der Waals surface area contributed by atoms with Gasteiger partial charge in [-0.25, -0.2) is 4.39 Å². The number of ether oxygens (including phenoxy) is 1. The lowest BCUT2D eigenvalue weighted by atomic mass is 10.0. The summed E-state index contributed by atoms with van der Waals surface area (Å²) in [6.07, 6.45) is 0.271. The number of phenols is 1. The Balaban J connectivity index is 3.22. The van der Waals surface area contributed by atoms with Crippen molar-refractivity contribution >= 4 is 5.78 Å². The molecular weight excluding hydrogens is 211 g/mol. The Hall–Kier alpha value is -1.58. The summed E-state index contributed by atoms with van der Waals surface area (Å²) in [5.74, 6) is -0.231. The molecule has 4 heteroatoms. The summed E-state index contributed by atoms with van der Waals surface area (Å²) in [4.78, 5) is 11.4. The molecule has 0 heterocycles. The second-order valence-electron chi connectivity index (χ2n) is 3.28. The van der Waals surface area contributed by atoms with Crippen molar-refractivity contribution in [1.29, 1.82) is 0 Å². The minimum Gasteiger partial charge on any atom is -0.507 e. The van der Waals surface area contributed by atoms with Crippen molar-refractivity contribution in [2.24, 2.45) is 0 Å². The smallest absolute Gasteiger partial charge is 0.166 e. The number of ketones is 1. The Morgan fingerprint density at radius 2 is 2.12 bits per heavy atom. The number of aromatic hydroxyl groups is 1. The molecule has 0 fully saturated rings. The van der Waals surface area contributed by atoms with Gasteiger partial charge >= 0.3 is 0 Å². The molecule has 0 bridgehead atoms. The van der Waals surface area contributed by atoms with E-state index in [1.807, 2.05) is 0 Å². The Morgan fingerprint density at radius 3 is 2.62 bits per heavy atom. The number of carbonyl (C=O) groups excluding carboxylic acids is 1. The quantitative estimate of drug-likeness (QED) is 0.785. The van der Waals surface area contributed by atoms with Crippen LogP contribution in [0.1, 0.15) is 36.2 Å². The molecule has 0 saturated heterocycles. The molecule has 1 aromatic rings. The van der Waals surface area contributed by atoms with Gasteiger partial charge in [-0.2, -0.15) is 0 Å². The molecule has 0 aliphatic heterocycles. The molecule has 3 nitrogen and oxygen atoms in total. The Morgan fingerprint density at radius 1 is 1.44 bits per heavy atom. The maximum absolute atomic E-state index is 12.8. The maximum Gasteiger partial charge on any atom is 0.166 e. The fourth-order valence-corrected chi connectivity index (χ4v) is 1.45. The number of hydrogen-bond acceptors (Lipinski definition) is 3. The zero-order valence-corrected chi connectivity index (χ0v) is 9.42. The first kappa shape index (κ1) is 12.5. The van der Waals surface area contributed by atoms with Gasteiger partial charge < -0.3 is 9.84 Å². The topological polar surface area (TPSA) is 46.5 Å². The standard InChI is InChI=1S/C12H15FO3/c1-3-10(14)8-5-6-11(16-4-2)9(7-13)12(8)15/h5-6,15H,3-4,7H2,1-2H3. The third-order valence-corrected chi connectivity index (χ3v) is 2.29. The van der Waals surface area contributed by atoms with E-state index < -0.39 is 6.67 Å². The maximum atomic E-state index is 12.8. The van der Waals surface area contributed by atoms with Gasteiger partial charge in [0.15, 0.2) is 5.78 Å². The van der Waals surface area contributed by atoms with Crippen molar-refractivity contribution in [2.75, 3.05) is 6.61 Å². The number of alkyl halides is 1. The lowest BCUT2D eigenvalue weighted by Crippen LogP contribution is -2.02. The van der Waals surface area contributed by atoms with Gasteiger partial charge in [0, 0.05) is 6.42 Å². The lowest BCUT2D eigenvalue weighted by molar-refractivity contribution is 0.0985. The summed E-state index contributed by atoms with van der Waals surface area (Å²) in [6, 6.07) is 2.98. The van der Waals surface area contributed by atoms with Crippen LogP contribution in [0.25, 0.3) is 0 Å². The van der Waals surface area contributed by atoms with Crippen LogP contribution >= 0.6 is 0 Å². The SMILES string of the molecule is CCOc1ccc(C(=O)CC)c(O)c1CF. The highest BCUT2D eigenvalue weighted by molar-refractivity contribution is 5.99. The van der Waals surface area contributed by atoms with E-state index in [1.165, 1.54) is 12.1 Å². The molecule has 88 valence electrons. The van der Waals surface area contributed by atoms with Crippen LogP contribution in [0.3, 0.4) is 0 Å². The van der Waals surface area contributed by atoms with Gasteiger partial charge in [0.1, 0.15) is 18.2 Å². The summed E-state index contributed by atoms with van der Waals surface area (Å²) in [6.45, 7) is 2.98. The third kappa shape index (κ3) is 2.32. The number of carbonyl (C=O) groups is 1. The van der Waals surface area contributed by atoms with Gasteiger partial charge in [0.05, 0.1) is 17.7 Å². The average molecular weight is 226 g/mol. The summed E-state index contributed by atoms with van der Waals surface area (Å²) in [5, 5.41) is 9.76. The van der Waals surface area contributed by atoms with Gasteiger partial charge in [0.2, 0.25) is 0 Å². The molecule has 0 aliphatic rings. The molecule has 0 aromatic heterocycles. The molecule has 1 N–H and O–H groups in total. The van der Waals surface area contributed by atoms with Crippen LogP contribution in [0, 0.1) is 0 Å². The molecule has 0 aliphatic carbocycles. The molecule has 1 aromatic carbocycles. The number of halogens is 1. The predicted molar refractivity (Wildman–Crippen MR) is 58.7 cm³/mol. The minimum atomic E-state index is -0.855. The molecule has 0 atom stereocenters. The van der Waals surface area contributed by atoms with E-state index in [2.05, 4.69) is 0 Å². The van der Waals surface area contributed by atoms with E-state index in [0.717, 1.165) is 0 Å². The summed E-state index contributed by atoms with van der Waals surface area (Å²) in [7, 11) is 0. The largest absolute Gasteiger partial charge is 0.507 e. The van der Waals surface area contributed by atoms with Crippen LogP contribution in [0.15, 0.2) is 12.1 Å². The van der Waals surface area contributed by atoms with Crippen LogP contribution in [-0.2, 0) is 6.67 Å². The molecule has 0 unspecified atom stereocenters. The zero-order chi connectivity index (χ0) is 12.1. The molecule has 0 radical (unpaired) electrons. The Kier molecular flexibility index (Phi) is 4.28. The van der Waals surface area contributed by atoms with Crippen molar-refractivity contribution in [2.45, 2.75) is 26.9 Å². The van der Waals surface area contributed by atoms with Crippen molar-refractivity contribution in [3.8, 4) is 11.5 Å². The van der Waals surface area contributed by atoms with Gasteiger partial charge in [-0.3, -0.25) is 4.79 Å². The van der Waals surface area contributed by atoms with Crippen LogP contribution < -0.4 is 4.74 Å². The predicted octanol–water partition coefficient (Wildman–Crippen LogP) is 2.85. The first-order valence-electron chi connectivity index (χ1n) is 5.22. The summed E-state index contributed by atoms with van der Waals surface area (Å²) >= 11 is 0. The number of phenolic OH excluding ortho intramolecular Hbond substituents is 1. The number of Topliss-reactive ketones (excluding diaryl/α,β-unsaturated/α-hetero) is 1. The number of rotatable bonds is 5. The van der Waals surface area contributed by atoms with E-state index in [-0.39, 0.29) is 34.8 Å². The van der Waals surface area contributed by atoms with E-state index in [9.17, 15) is 14.3 Å². The third-order valence-electron chi connectivity index (χ3n) is 2.29. The average Bonchev–Trinajstić information content (AvgIpc) is 2.29. The molecule has 1 rings (SSSR count). The fourth-order valence-electron chi connectivity index (χ4n) is 1.45. The van der Waals surface area contributed by atoms with Gasteiger partial charge in [-0.15, -0.1) is 0 Å². The number of hydrogen-bond donors (Lipinski definition) is 1. The second kappa shape index (κ2) is 5.49. The second-order valence-corrected chi connectivity index (χ2v) is 3.28. The first-order chi connectivity index (χ1) is 7.65. The van der Waals surface area contributed by atoms with Crippen molar-refractivity contribution in [1.82, 2.24) is 0 Å². The summed E-state index contributed by atoms with van der Waals surface area (Å²) in [5.41, 5.74) is 0.194. The molecule has 16 heavy (non-hydrogen) atoms. The molecular formula is C12H15FO3. The van der Waals surface area contributed by atoms with Crippen LogP contribution in [0.5, 0.6) is 11.5 Å². The normalized spacial score (nSPS) is 10.2. The zero-order valence-electron chi connectivity index (χ0n) is 9.42. The lowest BCUT2D eigenvalue weighted by Gasteiger charge is -2.11. The van der Waals surface area contributed by atoms with E-state index in [1.54, 1.807) is 13.8 Å². The number of benzene rings is 1.